The monoisotopic (exact) mass is 299 g/mol. The van der Waals surface area contributed by atoms with Crippen LogP contribution in [0.1, 0.15) is 82.4 Å². The average molecular weight is 300 g/mol. The largest absolute Gasteiger partial charge is 0.388 e. The van der Waals surface area contributed by atoms with Gasteiger partial charge in [0, 0.05) is 6.04 Å². The molecule has 0 amide bonds. The van der Waals surface area contributed by atoms with E-state index in [1.54, 1.807) is 11.1 Å². The molecule has 1 heteroatoms. The van der Waals surface area contributed by atoms with Gasteiger partial charge < -0.3 is 5.32 Å². The van der Waals surface area contributed by atoms with Gasteiger partial charge in [0.05, 0.1) is 0 Å². The lowest BCUT2D eigenvalue weighted by Crippen LogP contribution is -2.18. The molecule has 1 aromatic carbocycles. The van der Waals surface area contributed by atoms with Crippen molar-refractivity contribution in [2.45, 2.75) is 78.2 Å². The molecule has 1 aromatic rings. The van der Waals surface area contributed by atoms with Crippen LogP contribution in [-0.2, 0) is 6.42 Å². The lowest BCUT2D eigenvalue weighted by molar-refractivity contribution is 0.347. The maximum atomic E-state index is 3.46. The molecule has 0 aliphatic heterocycles. The molecule has 0 radical (unpaired) electrons. The summed E-state index contributed by atoms with van der Waals surface area (Å²) in [6.45, 7) is 9.14. The highest BCUT2D eigenvalue weighted by atomic mass is 14.9. The van der Waals surface area contributed by atoms with Gasteiger partial charge in [0.25, 0.3) is 0 Å². The molecular weight excluding hydrogens is 266 g/mol. The van der Waals surface area contributed by atoms with Gasteiger partial charge in [-0.05, 0) is 73.4 Å². The third kappa shape index (κ3) is 4.38. The first-order valence-corrected chi connectivity index (χ1v) is 9.20. The van der Waals surface area contributed by atoms with Crippen molar-refractivity contribution >= 4 is 6.08 Å². The lowest BCUT2D eigenvalue weighted by atomic mass is 9.77. The van der Waals surface area contributed by atoms with Crippen molar-refractivity contribution < 1.29 is 0 Å². The first-order chi connectivity index (χ1) is 10.7. The second-order valence-corrected chi connectivity index (χ2v) is 7.03. The zero-order valence-electron chi connectivity index (χ0n) is 14.9. The highest BCUT2D eigenvalue weighted by Crippen LogP contribution is 2.38. The van der Waals surface area contributed by atoms with Gasteiger partial charge in [0.15, 0.2) is 0 Å². The molecule has 1 nitrogen and oxygen atoms in total. The van der Waals surface area contributed by atoms with Crippen molar-refractivity contribution in [2.24, 2.45) is 5.92 Å². The van der Waals surface area contributed by atoms with Crippen LogP contribution < -0.4 is 5.32 Å². The van der Waals surface area contributed by atoms with Crippen molar-refractivity contribution in [2.75, 3.05) is 0 Å². The van der Waals surface area contributed by atoms with Crippen LogP contribution in [0.5, 0.6) is 0 Å². The minimum atomic E-state index is 0.546. The third-order valence-electron chi connectivity index (χ3n) is 5.31. The molecule has 1 unspecified atom stereocenters. The van der Waals surface area contributed by atoms with Gasteiger partial charge in [-0.3, -0.25) is 0 Å². The minimum Gasteiger partial charge on any atom is -0.388 e. The summed E-state index contributed by atoms with van der Waals surface area (Å²) in [6.07, 6.45) is 12.2. The molecule has 2 rings (SSSR count). The normalized spacial score (nSPS) is 23.6. The van der Waals surface area contributed by atoms with Gasteiger partial charge in [0.2, 0.25) is 0 Å². The highest BCUT2D eigenvalue weighted by molar-refractivity contribution is 5.56. The van der Waals surface area contributed by atoms with Crippen LogP contribution in [0.2, 0.25) is 0 Å². The standard InChI is InChI=1S/C21H33N/c1-5-17(4)22-15-14-18-8-7-9-21(20(18)6-2)19-12-10-16(3)11-13-19/h7-9,14-17,19,22H,5-6,10-13H2,1-4H3/b15-14+. The van der Waals surface area contributed by atoms with Crippen LogP contribution in [-0.4, -0.2) is 6.04 Å². The van der Waals surface area contributed by atoms with Crippen LogP contribution >= 0.6 is 0 Å². The summed E-state index contributed by atoms with van der Waals surface area (Å²) in [7, 11) is 0. The van der Waals surface area contributed by atoms with E-state index in [1.807, 2.05) is 0 Å². The van der Waals surface area contributed by atoms with Gasteiger partial charge in [-0.15, -0.1) is 0 Å². The summed E-state index contributed by atoms with van der Waals surface area (Å²) in [6, 6.07) is 7.43. The topological polar surface area (TPSA) is 12.0 Å². The van der Waals surface area contributed by atoms with E-state index in [4.69, 9.17) is 0 Å². The molecular formula is C21H33N. The predicted octanol–water partition coefficient (Wildman–Crippen LogP) is 5.90. The first kappa shape index (κ1) is 17.1. The highest BCUT2D eigenvalue weighted by Gasteiger charge is 2.21. The van der Waals surface area contributed by atoms with Gasteiger partial charge in [-0.1, -0.05) is 51.8 Å². The van der Waals surface area contributed by atoms with E-state index in [2.05, 4.69) is 63.5 Å². The smallest absolute Gasteiger partial charge is 0.0224 e. The van der Waals surface area contributed by atoms with E-state index in [0.29, 0.717) is 6.04 Å². The van der Waals surface area contributed by atoms with Crippen LogP contribution in [0.4, 0.5) is 0 Å². The summed E-state index contributed by atoms with van der Waals surface area (Å²) in [5, 5.41) is 3.46. The van der Waals surface area contributed by atoms with Gasteiger partial charge in [-0.2, -0.15) is 0 Å². The van der Waals surface area contributed by atoms with E-state index < -0.39 is 0 Å². The van der Waals surface area contributed by atoms with E-state index >= 15 is 0 Å². The van der Waals surface area contributed by atoms with Crippen molar-refractivity contribution in [3.63, 3.8) is 0 Å². The van der Waals surface area contributed by atoms with Crippen LogP contribution in [0.15, 0.2) is 24.4 Å². The lowest BCUT2D eigenvalue weighted by Gasteiger charge is -2.28. The Bertz CT molecular complexity index is 481. The Labute approximate surface area is 137 Å². The van der Waals surface area contributed by atoms with Gasteiger partial charge in [-0.25, -0.2) is 0 Å². The van der Waals surface area contributed by atoms with Crippen molar-refractivity contribution in [1.82, 2.24) is 5.32 Å². The zero-order valence-corrected chi connectivity index (χ0v) is 14.9. The zero-order chi connectivity index (χ0) is 15.9. The fraction of sp³-hybridized carbons (Fsp3) is 0.619. The molecule has 0 spiro atoms. The summed E-state index contributed by atoms with van der Waals surface area (Å²) in [4.78, 5) is 0. The Morgan fingerprint density at radius 1 is 1.18 bits per heavy atom. The van der Waals surface area contributed by atoms with E-state index in [9.17, 15) is 0 Å². The summed E-state index contributed by atoms with van der Waals surface area (Å²) < 4.78 is 0. The molecule has 1 fully saturated rings. The predicted molar refractivity (Wildman–Crippen MR) is 98.1 cm³/mol. The molecule has 0 saturated heterocycles. The fourth-order valence-corrected chi connectivity index (χ4v) is 3.56. The Balaban J connectivity index is 2.16. The Morgan fingerprint density at radius 3 is 2.55 bits per heavy atom. The second-order valence-electron chi connectivity index (χ2n) is 7.03. The molecule has 0 heterocycles. The summed E-state index contributed by atoms with van der Waals surface area (Å²) >= 11 is 0. The number of benzene rings is 1. The maximum absolute atomic E-state index is 3.46. The molecule has 1 atom stereocenters. The summed E-state index contributed by atoms with van der Waals surface area (Å²) in [5.41, 5.74) is 4.57. The Hall–Kier alpha value is -1.24. The maximum Gasteiger partial charge on any atom is 0.0224 e. The van der Waals surface area contributed by atoms with E-state index in [0.717, 1.165) is 24.7 Å². The third-order valence-corrected chi connectivity index (χ3v) is 5.31. The number of nitrogens with one attached hydrogen (secondary N) is 1. The van der Waals surface area contributed by atoms with Crippen LogP contribution in [0.25, 0.3) is 6.08 Å². The van der Waals surface area contributed by atoms with Crippen LogP contribution in [0, 0.1) is 5.92 Å². The molecule has 1 aliphatic rings. The molecule has 1 N–H and O–H groups in total. The van der Waals surface area contributed by atoms with Crippen molar-refractivity contribution in [3.05, 3.63) is 41.1 Å². The Kier molecular flexibility index (Phi) is 6.54. The van der Waals surface area contributed by atoms with E-state index in [-0.39, 0.29) is 0 Å². The quantitative estimate of drug-likeness (QED) is 0.689. The molecule has 1 saturated carbocycles. The fourth-order valence-electron chi connectivity index (χ4n) is 3.56. The van der Waals surface area contributed by atoms with E-state index in [1.165, 1.54) is 31.2 Å². The molecule has 0 bridgehead atoms. The number of rotatable bonds is 6. The molecule has 0 aromatic heterocycles. The Morgan fingerprint density at radius 2 is 1.91 bits per heavy atom. The number of hydrogen-bond donors (Lipinski definition) is 1. The molecule has 122 valence electrons. The summed E-state index contributed by atoms with van der Waals surface area (Å²) in [5.74, 6) is 1.70. The van der Waals surface area contributed by atoms with Crippen LogP contribution in [0.3, 0.4) is 0 Å². The average Bonchev–Trinajstić information content (AvgIpc) is 2.55. The molecule has 22 heavy (non-hydrogen) atoms. The second kappa shape index (κ2) is 8.41. The number of hydrogen-bond acceptors (Lipinski definition) is 1. The minimum absolute atomic E-state index is 0.546. The SMILES string of the molecule is CCc1c(/C=C/NC(C)CC)cccc1C1CCC(C)CC1. The first-order valence-electron chi connectivity index (χ1n) is 9.20. The molecule has 1 aliphatic carbocycles. The van der Waals surface area contributed by atoms with Crippen molar-refractivity contribution in [3.8, 4) is 0 Å². The van der Waals surface area contributed by atoms with Crippen molar-refractivity contribution in [1.29, 1.82) is 0 Å². The van der Waals surface area contributed by atoms with Gasteiger partial charge in [0.1, 0.15) is 0 Å². The van der Waals surface area contributed by atoms with Gasteiger partial charge >= 0.3 is 0 Å².